The van der Waals surface area contributed by atoms with Gasteiger partial charge in [0.1, 0.15) is 24.1 Å². The Morgan fingerprint density at radius 3 is 2.30 bits per heavy atom. The monoisotopic (exact) mass is 1020 g/mol. The van der Waals surface area contributed by atoms with Gasteiger partial charge in [0.05, 0.1) is 23.2 Å². The van der Waals surface area contributed by atoms with E-state index in [1.165, 1.54) is 18.2 Å². The Morgan fingerprint density at radius 2 is 1.57 bits per heavy atom. The summed E-state index contributed by atoms with van der Waals surface area (Å²) in [6.07, 6.45) is 10.7. The quantitative estimate of drug-likeness (QED) is 0.0184. The van der Waals surface area contributed by atoms with Gasteiger partial charge in [-0.2, -0.15) is 0 Å². The van der Waals surface area contributed by atoms with Gasteiger partial charge in [0.25, 0.3) is 5.69 Å². The van der Waals surface area contributed by atoms with E-state index in [-0.39, 0.29) is 69.4 Å². The van der Waals surface area contributed by atoms with Crippen molar-refractivity contribution in [2.75, 3.05) is 19.8 Å². The Hall–Kier alpha value is -7.91. The number of allylic oxidation sites excluding steroid dienone is 1. The van der Waals surface area contributed by atoms with Crippen LogP contribution in [0.15, 0.2) is 181 Å². The van der Waals surface area contributed by atoms with Gasteiger partial charge in [0, 0.05) is 62.4 Å². The van der Waals surface area contributed by atoms with E-state index in [2.05, 4.69) is 18.0 Å². The number of amides is 2. The summed E-state index contributed by atoms with van der Waals surface area (Å²) >= 11 is 0. The fraction of sp³-hybridized carbons (Fsp3) is 0.306. The van der Waals surface area contributed by atoms with Gasteiger partial charge in [-0.1, -0.05) is 133 Å². The average molecular weight is 1030 g/mol. The zero-order chi connectivity index (χ0) is 52.9. The van der Waals surface area contributed by atoms with Gasteiger partial charge in [-0.25, -0.2) is 4.79 Å². The Kier molecular flexibility index (Phi) is 17.5. The minimum atomic E-state index is -1.60. The largest absolute Gasteiger partial charge is 0.459 e. The molecule has 1 saturated carbocycles. The molecule has 3 N–H and O–H groups in total. The first-order valence-corrected chi connectivity index (χ1v) is 26.1. The summed E-state index contributed by atoms with van der Waals surface area (Å²) in [7, 11) is 0. The number of non-ortho nitro benzene ring substituents is 1. The molecule has 9 rings (SSSR count). The normalized spacial score (nSPS) is 20.9. The van der Waals surface area contributed by atoms with E-state index in [1.807, 2.05) is 115 Å². The first kappa shape index (κ1) is 52.9. The van der Waals surface area contributed by atoms with Crippen LogP contribution in [0.4, 0.5) is 10.5 Å². The first-order valence-electron chi connectivity index (χ1n) is 26.1. The zero-order valence-corrected chi connectivity index (χ0v) is 42.5. The second-order valence-corrected chi connectivity index (χ2v) is 19.5. The SMILES string of the molecule is C=CCO[C@@]12Oc3ccc(OC(=O)NCc4ccccc4)cc3[C@H]3[C@H](CCCCO)[C@@H](CCCCO)C=C(C(=NOCc4ccccc4)C[C@@H]1N(Cc1cccc4ccccc14)C(=O)C=Cc1ccc([N+](=O)[O-])cc1)[C@H]32. The highest BCUT2D eigenvalue weighted by Gasteiger charge is 2.65. The van der Waals surface area contributed by atoms with Crippen molar-refractivity contribution < 1.29 is 43.8 Å². The maximum absolute atomic E-state index is 15.6. The number of nitrogens with zero attached hydrogens (tertiary/aromatic N) is 3. The van der Waals surface area contributed by atoms with Crippen molar-refractivity contribution in [3.63, 3.8) is 0 Å². The fourth-order valence-corrected chi connectivity index (χ4v) is 11.3. The van der Waals surface area contributed by atoms with E-state index < -0.39 is 34.7 Å². The number of nitro benzene ring substituents is 1. The van der Waals surface area contributed by atoms with Crippen LogP contribution in [0, 0.1) is 27.9 Å². The van der Waals surface area contributed by atoms with Gasteiger partial charge in [0.2, 0.25) is 11.7 Å². The molecular formula is C62H64N4O10. The number of ether oxygens (including phenoxy) is 3. The summed E-state index contributed by atoms with van der Waals surface area (Å²) < 4.78 is 20.8. The number of aliphatic hydroxyl groups excluding tert-OH is 2. The number of unbranched alkanes of at least 4 members (excludes halogenated alkanes) is 2. The van der Waals surface area contributed by atoms with E-state index in [1.54, 1.807) is 35.3 Å². The summed E-state index contributed by atoms with van der Waals surface area (Å²) in [4.78, 5) is 48.3. The van der Waals surface area contributed by atoms with Gasteiger partial charge in [-0.15, -0.1) is 6.58 Å². The fourth-order valence-electron chi connectivity index (χ4n) is 11.3. The van der Waals surface area contributed by atoms with Crippen molar-refractivity contribution in [2.45, 2.75) is 82.4 Å². The number of benzene rings is 6. The molecule has 2 aliphatic carbocycles. The van der Waals surface area contributed by atoms with Crippen LogP contribution in [-0.2, 0) is 34.1 Å². The van der Waals surface area contributed by atoms with E-state index in [0.29, 0.717) is 48.5 Å². The van der Waals surface area contributed by atoms with Crippen molar-refractivity contribution in [2.24, 2.45) is 22.9 Å². The maximum Gasteiger partial charge on any atom is 0.412 e. The second-order valence-electron chi connectivity index (χ2n) is 19.5. The van der Waals surface area contributed by atoms with E-state index in [4.69, 9.17) is 24.2 Å². The molecule has 392 valence electrons. The van der Waals surface area contributed by atoms with Crippen LogP contribution in [0.5, 0.6) is 11.5 Å². The van der Waals surface area contributed by atoms with Crippen LogP contribution in [0.3, 0.4) is 0 Å². The predicted octanol–water partition coefficient (Wildman–Crippen LogP) is 11.6. The molecule has 1 aliphatic heterocycles. The smallest absolute Gasteiger partial charge is 0.412 e. The van der Waals surface area contributed by atoms with E-state index in [0.717, 1.165) is 51.4 Å². The topological polar surface area (TPSA) is 182 Å². The third kappa shape index (κ3) is 12.1. The van der Waals surface area contributed by atoms with E-state index in [9.17, 15) is 25.1 Å². The molecule has 14 nitrogen and oxygen atoms in total. The van der Waals surface area contributed by atoms with Gasteiger partial charge in [0.15, 0.2) is 0 Å². The zero-order valence-electron chi connectivity index (χ0n) is 42.5. The second kappa shape index (κ2) is 25.1. The highest BCUT2D eigenvalue weighted by Crippen LogP contribution is 2.62. The van der Waals surface area contributed by atoms with Crippen LogP contribution < -0.4 is 14.8 Å². The molecule has 0 bridgehead atoms. The summed E-state index contributed by atoms with van der Waals surface area (Å²) in [6, 6.07) is 43.9. The third-order valence-electron chi connectivity index (χ3n) is 14.8. The van der Waals surface area contributed by atoms with Gasteiger partial charge in [-0.3, -0.25) is 14.9 Å². The molecule has 0 unspecified atom stereocenters. The minimum Gasteiger partial charge on any atom is -0.459 e. The summed E-state index contributed by atoms with van der Waals surface area (Å²) in [6.45, 7) is 4.78. The molecule has 0 radical (unpaired) electrons. The van der Waals surface area contributed by atoms with Crippen molar-refractivity contribution >= 4 is 40.2 Å². The lowest BCUT2D eigenvalue weighted by Crippen LogP contribution is -2.70. The first-order chi connectivity index (χ1) is 37.2. The molecule has 76 heavy (non-hydrogen) atoms. The number of aliphatic hydroxyl groups is 2. The molecule has 6 atom stereocenters. The van der Waals surface area contributed by atoms with E-state index >= 15 is 4.79 Å². The summed E-state index contributed by atoms with van der Waals surface area (Å²) in [5.74, 6) is -2.34. The summed E-state index contributed by atoms with van der Waals surface area (Å²) in [5, 5.41) is 41.6. The molecule has 0 spiro atoms. The number of carbonyl (C=O) groups is 2. The van der Waals surface area contributed by atoms with Crippen LogP contribution in [0.25, 0.3) is 16.8 Å². The van der Waals surface area contributed by atoms with Crippen LogP contribution >= 0.6 is 0 Å². The van der Waals surface area contributed by atoms with Crippen molar-refractivity contribution in [3.05, 3.63) is 214 Å². The molecule has 6 aromatic rings. The Bertz CT molecular complexity index is 3070. The lowest BCUT2D eigenvalue weighted by molar-refractivity contribution is -0.384. The lowest BCUT2D eigenvalue weighted by Gasteiger charge is -2.60. The lowest BCUT2D eigenvalue weighted by atomic mass is 9.55. The molecule has 0 aromatic heterocycles. The molecule has 1 heterocycles. The average Bonchev–Trinajstić information content (AvgIpc) is 3.61. The number of carbonyl (C=O) groups excluding carboxylic acids is 2. The Balaban J connectivity index is 1.23. The molecule has 0 saturated heterocycles. The van der Waals surface area contributed by atoms with Crippen molar-refractivity contribution in [3.8, 4) is 11.5 Å². The number of hydrogen-bond donors (Lipinski definition) is 3. The van der Waals surface area contributed by atoms with Gasteiger partial charge in [-0.05, 0) is 113 Å². The van der Waals surface area contributed by atoms with Crippen molar-refractivity contribution in [1.82, 2.24) is 10.2 Å². The van der Waals surface area contributed by atoms with Crippen molar-refractivity contribution in [1.29, 1.82) is 0 Å². The molecular weight excluding hydrogens is 961 g/mol. The maximum atomic E-state index is 15.6. The molecule has 14 heteroatoms. The Labute approximate surface area is 443 Å². The van der Waals surface area contributed by atoms with Crippen LogP contribution in [0.1, 0.15) is 78.7 Å². The number of nitrogens with one attached hydrogen (secondary N) is 1. The Morgan fingerprint density at radius 1 is 0.855 bits per heavy atom. The number of fused-ring (bicyclic) bond motifs is 3. The number of hydrogen-bond acceptors (Lipinski definition) is 11. The number of oxime groups is 1. The summed E-state index contributed by atoms with van der Waals surface area (Å²) in [5.41, 5.74) is 5.49. The molecule has 2 amide bonds. The minimum absolute atomic E-state index is 0.0233. The standard InChI is InChI=1S/C62H64N4O10/c1-2-36-73-62-57(65(41-48-23-15-22-46-20-9-10-24-51(46)48)58(69)33-28-43-26-29-49(30-27-43)66(71)72)39-55(64-74-42-45-18-7-4-8-19-45)53-37-47(21-11-13-34-67)52(25-12-14-35-68)59(60(53)62)54-38-50(31-32-56(54)76-62)75-61(70)63-40-44-16-5-3-6-17-44/h2-10,15-20,22-24,26-33,37-38,47,52,57,59-60,67-68H,1,11-14,21,25,34-36,39-42H2,(H,63,70)/t47-,52+,57-,59+,60+,62+/m0/s1. The molecule has 1 fully saturated rings. The highest BCUT2D eigenvalue weighted by atomic mass is 16.7. The highest BCUT2D eigenvalue weighted by molar-refractivity contribution is 6.03. The predicted molar refractivity (Wildman–Crippen MR) is 292 cm³/mol. The van der Waals surface area contributed by atoms with Gasteiger partial charge < -0.3 is 39.5 Å². The van der Waals surface area contributed by atoms with Crippen LogP contribution in [0.2, 0.25) is 0 Å². The third-order valence-corrected chi connectivity index (χ3v) is 14.8. The number of rotatable bonds is 23. The molecule has 6 aromatic carbocycles. The van der Waals surface area contributed by atoms with Gasteiger partial charge >= 0.3 is 6.09 Å². The van der Waals surface area contributed by atoms with Crippen LogP contribution in [-0.4, -0.2) is 69.4 Å². The number of nitro groups is 1. The molecule has 3 aliphatic rings.